The van der Waals surface area contributed by atoms with E-state index in [0.29, 0.717) is 12.2 Å². The molecule has 0 saturated carbocycles. The van der Waals surface area contributed by atoms with Gasteiger partial charge in [-0.05, 0) is 13.0 Å². The Kier molecular flexibility index (Phi) is 2.47. The molecule has 0 aliphatic heterocycles. The summed E-state index contributed by atoms with van der Waals surface area (Å²) in [5, 5.41) is 17.1. The Balaban J connectivity index is 2.25. The van der Waals surface area contributed by atoms with Gasteiger partial charge in [-0.15, -0.1) is 0 Å². The van der Waals surface area contributed by atoms with E-state index < -0.39 is 5.97 Å². The highest BCUT2D eigenvalue weighted by Crippen LogP contribution is 2.08. The van der Waals surface area contributed by atoms with E-state index in [1.54, 1.807) is 16.3 Å². The second-order valence-electron chi connectivity index (χ2n) is 3.59. The number of carboxylic acids is 1. The maximum absolute atomic E-state index is 10.8. The van der Waals surface area contributed by atoms with Crippen LogP contribution in [0, 0.1) is 6.92 Å². The Morgan fingerprint density at radius 1 is 1.56 bits per heavy atom. The van der Waals surface area contributed by atoms with Crippen LogP contribution >= 0.6 is 0 Å². The Bertz CT molecular complexity index is 527. The molecule has 0 aliphatic rings. The molecule has 16 heavy (non-hydrogen) atoms. The number of aromatic nitrogens is 4. The molecular formula is C10H12N4O2. The van der Waals surface area contributed by atoms with Crippen LogP contribution in [0.2, 0.25) is 0 Å². The fraction of sp³-hybridized carbons (Fsp3) is 0.300. The van der Waals surface area contributed by atoms with Gasteiger partial charge in [0.15, 0.2) is 0 Å². The number of carboxylic acid groups (broad SMARTS) is 1. The smallest absolute Gasteiger partial charge is 0.339 e. The van der Waals surface area contributed by atoms with E-state index in [1.807, 2.05) is 19.3 Å². The predicted octanol–water partition coefficient (Wildman–Crippen LogP) is 0.672. The van der Waals surface area contributed by atoms with Gasteiger partial charge in [0.1, 0.15) is 5.56 Å². The maximum atomic E-state index is 10.8. The Labute approximate surface area is 92.1 Å². The molecule has 0 fully saturated rings. The van der Waals surface area contributed by atoms with E-state index in [9.17, 15) is 4.79 Å². The molecule has 2 rings (SSSR count). The SMILES string of the molecule is Cc1c(C(=O)O)cnn1Cc1ccn(C)n1. The minimum Gasteiger partial charge on any atom is -0.478 e. The van der Waals surface area contributed by atoms with Crippen LogP contribution in [0.25, 0.3) is 0 Å². The number of nitrogens with zero attached hydrogens (tertiary/aromatic N) is 4. The Morgan fingerprint density at radius 3 is 2.81 bits per heavy atom. The molecule has 6 nitrogen and oxygen atoms in total. The van der Waals surface area contributed by atoms with Crippen molar-refractivity contribution in [3.05, 3.63) is 35.4 Å². The second kappa shape index (κ2) is 3.80. The molecule has 1 N–H and O–H groups in total. The number of aromatic carboxylic acids is 1. The predicted molar refractivity (Wildman–Crippen MR) is 56.2 cm³/mol. The second-order valence-corrected chi connectivity index (χ2v) is 3.59. The van der Waals surface area contributed by atoms with E-state index >= 15 is 0 Å². The molecule has 0 saturated heterocycles. The third kappa shape index (κ3) is 1.81. The third-order valence-electron chi connectivity index (χ3n) is 2.41. The average molecular weight is 220 g/mol. The van der Waals surface area contributed by atoms with Crippen molar-refractivity contribution in [2.45, 2.75) is 13.5 Å². The molecule has 0 aliphatic carbocycles. The van der Waals surface area contributed by atoms with Gasteiger partial charge in [-0.2, -0.15) is 10.2 Å². The van der Waals surface area contributed by atoms with Crippen LogP contribution in [0.5, 0.6) is 0 Å². The fourth-order valence-corrected chi connectivity index (χ4v) is 1.52. The summed E-state index contributed by atoms with van der Waals surface area (Å²) in [5.41, 5.74) is 1.72. The number of aryl methyl sites for hydroxylation is 1. The van der Waals surface area contributed by atoms with Crippen LogP contribution in [-0.2, 0) is 13.6 Å². The lowest BCUT2D eigenvalue weighted by atomic mass is 10.2. The van der Waals surface area contributed by atoms with E-state index in [4.69, 9.17) is 5.11 Å². The molecule has 84 valence electrons. The number of hydrogen-bond donors (Lipinski definition) is 1. The van der Waals surface area contributed by atoms with Crippen LogP contribution < -0.4 is 0 Å². The zero-order valence-corrected chi connectivity index (χ0v) is 9.08. The zero-order valence-electron chi connectivity index (χ0n) is 9.08. The first-order chi connectivity index (χ1) is 7.58. The molecule has 0 unspecified atom stereocenters. The highest BCUT2D eigenvalue weighted by atomic mass is 16.4. The molecular weight excluding hydrogens is 208 g/mol. The van der Waals surface area contributed by atoms with Crippen LogP contribution in [-0.4, -0.2) is 30.6 Å². The molecule has 0 radical (unpaired) electrons. The van der Waals surface area contributed by atoms with Crippen LogP contribution in [0.15, 0.2) is 18.5 Å². The van der Waals surface area contributed by atoms with Crippen molar-refractivity contribution in [3.63, 3.8) is 0 Å². The molecule has 2 aromatic rings. The molecule has 0 bridgehead atoms. The summed E-state index contributed by atoms with van der Waals surface area (Å²) in [7, 11) is 1.84. The van der Waals surface area contributed by atoms with Gasteiger partial charge in [0.25, 0.3) is 0 Å². The molecule has 2 aromatic heterocycles. The summed E-state index contributed by atoms with van der Waals surface area (Å²) in [5.74, 6) is -0.954. The van der Waals surface area contributed by atoms with Crippen molar-refractivity contribution in [1.82, 2.24) is 19.6 Å². The first-order valence-electron chi connectivity index (χ1n) is 4.82. The standard InChI is InChI=1S/C10H12N4O2/c1-7-9(10(15)16)5-11-14(7)6-8-3-4-13(2)12-8/h3-5H,6H2,1-2H3,(H,15,16). The maximum Gasteiger partial charge on any atom is 0.339 e. The first-order valence-corrected chi connectivity index (χ1v) is 4.82. The van der Waals surface area contributed by atoms with Gasteiger partial charge >= 0.3 is 5.97 Å². The van der Waals surface area contributed by atoms with Crippen LogP contribution in [0.3, 0.4) is 0 Å². The highest BCUT2D eigenvalue weighted by Gasteiger charge is 2.13. The van der Waals surface area contributed by atoms with Gasteiger partial charge in [-0.25, -0.2) is 4.79 Å². The van der Waals surface area contributed by atoms with Crippen molar-refractivity contribution >= 4 is 5.97 Å². The topological polar surface area (TPSA) is 72.9 Å². The minimum absolute atomic E-state index is 0.232. The zero-order chi connectivity index (χ0) is 11.7. The summed E-state index contributed by atoms with van der Waals surface area (Å²) in [4.78, 5) is 10.8. The summed E-state index contributed by atoms with van der Waals surface area (Å²) < 4.78 is 3.33. The molecule has 6 heteroatoms. The van der Waals surface area contributed by atoms with E-state index in [1.165, 1.54) is 6.20 Å². The summed E-state index contributed by atoms with van der Waals surface area (Å²) in [6.07, 6.45) is 3.20. The lowest BCUT2D eigenvalue weighted by Crippen LogP contribution is -2.06. The Hall–Kier alpha value is -2.11. The van der Waals surface area contributed by atoms with E-state index in [-0.39, 0.29) is 5.56 Å². The summed E-state index contributed by atoms with van der Waals surface area (Å²) in [6.45, 7) is 2.22. The third-order valence-corrected chi connectivity index (χ3v) is 2.41. The van der Waals surface area contributed by atoms with Gasteiger partial charge in [0, 0.05) is 13.2 Å². The van der Waals surface area contributed by atoms with Crippen molar-refractivity contribution in [1.29, 1.82) is 0 Å². The number of rotatable bonds is 3. The lowest BCUT2D eigenvalue weighted by Gasteiger charge is -2.01. The quantitative estimate of drug-likeness (QED) is 0.825. The molecule has 0 atom stereocenters. The number of carbonyl (C=O) groups is 1. The lowest BCUT2D eigenvalue weighted by molar-refractivity contribution is 0.0696. The normalized spacial score (nSPS) is 10.6. The van der Waals surface area contributed by atoms with Crippen LogP contribution in [0.1, 0.15) is 21.7 Å². The van der Waals surface area contributed by atoms with Crippen LogP contribution in [0.4, 0.5) is 0 Å². The van der Waals surface area contributed by atoms with Crippen molar-refractivity contribution < 1.29 is 9.90 Å². The first kappa shape index (κ1) is 10.4. The molecule has 2 heterocycles. The van der Waals surface area contributed by atoms with Crippen molar-refractivity contribution in [2.75, 3.05) is 0 Å². The molecule has 0 aromatic carbocycles. The fourth-order valence-electron chi connectivity index (χ4n) is 1.52. The van der Waals surface area contributed by atoms with E-state index in [0.717, 1.165) is 5.69 Å². The number of hydrogen-bond acceptors (Lipinski definition) is 3. The highest BCUT2D eigenvalue weighted by molar-refractivity contribution is 5.88. The summed E-state index contributed by atoms with van der Waals surface area (Å²) in [6, 6.07) is 1.88. The van der Waals surface area contributed by atoms with Gasteiger partial charge in [0.2, 0.25) is 0 Å². The molecule has 0 spiro atoms. The summed E-state index contributed by atoms with van der Waals surface area (Å²) >= 11 is 0. The van der Waals surface area contributed by atoms with Gasteiger partial charge in [0.05, 0.1) is 24.1 Å². The minimum atomic E-state index is -0.954. The Morgan fingerprint density at radius 2 is 2.31 bits per heavy atom. The largest absolute Gasteiger partial charge is 0.478 e. The van der Waals surface area contributed by atoms with Crippen molar-refractivity contribution in [3.8, 4) is 0 Å². The average Bonchev–Trinajstić information content (AvgIpc) is 2.76. The van der Waals surface area contributed by atoms with Crippen molar-refractivity contribution in [2.24, 2.45) is 7.05 Å². The van der Waals surface area contributed by atoms with E-state index in [2.05, 4.69) is 10.2 Å². The van der Waals surface area contributed by atoms with Gasteiger partial charge in [-0.3, -0.25) is 9.36 Å². The van der Waals surface area contributed by atoms with Gasteiger partial charge < -0.3 is 5.11 Å². The van der Waals surface area contributed by atoms with Gasteiger partial charge in [-0.1, -0.05) is 0 Å². The monoisotopic (exact) mass is 220 g/mol. The molecule has 0 amide bonds.